The zero-order valence-electron chi connectivity index (χ0n) is 16.1. The van der Waals surface area contributed by atoms with Crippen LogP contribution >= 0.6 is 0 Å². The van der Waals surface area contributed by atoms with Crippen LogP contribution in [0, 0.1) is 0 Å². The Bertz CT molecular complexity index is 1180. The molecule has 0 radical (unpaired) electrons. The van der Waals surface area contributed by atoms with Crippen molar-refractivity contribution in [2.24, 2.45) is 7.05 Å². The number of fused-ring (bicyclic) bond motifs is 1. The molecule has 0 saturated carbocycles. The quantitative estimate of drug-likeness (QED) is 0.523. The van der Waals surface area contributed by atoms with Crippen LogP contribution in [0.4, 0.5) is 0 Å². The lowest BCUT2D eigenvalue weighted by atomic mass is 10.3. The van der Waals surface area contributed by atoms with Gasteiger partial charge < -0.3 is 14.0 Å². The molecule has 0 spiro atoms. The zero-order chi connectivity index (χ0) is 21.1. The van der Waals surface area contributed by atoms with Gasteiger partial charge in [-0.25, -0.2) is 19.4 Å². The first-order valence-electron chi connectivity index (χ1n) is 8.68. The average Bonchev–Trinajstić information content (AvgIpc) is 3.19. The van der Waals surface area contributed by atoms with E-state index in [0.29, 0.717) is 0 Å². The number of pyridine rings is 1. The summed E-state index contributed by atoms with van der Waals surface area (Å²) in [5, 5.41) is 0. The zero-order valence-corrected chi connectivity index (χ0v) is 16.1. The van der Waals surface area contributed by atoms with Crippen molar-refractivity contribution in [2.75, 3.05) is 13.7 Å². The molecule has 3 aromatic rings. The Hall–Kier alpha value is -3.76. The van der Waals surface area contributed by atoms with Gasteiger partial charge in [-0.15, -0.1) is 0 Å². The van der Waals surface area contributed by atoms with Gasteiger partial charge in [0.25, 0.3) is 5.56 Å². The van der Waals surface area contributed by atoms with Crippen LogP contribution in [-0.4, -0.2) is 49.3 Å². The van der Waals surface area contributed by atoms with Crippen LogP contribution in [0.5, 0.6) is 0 Å². The third kappa shape index (κ3) is 3.66. The number of hydrogen-bond donors (Lipinski definition) is 0. The fourth-order valence-corrected chi connectivity index (χ4v) is 2.86. The number of nitrogens with zero attached hydrogens (tertiary/aromatic N) is 5. The lowest BCUT2D eigenvalue weighted by Crippen LogP contribution is -2.41. The summed E-state index contributed by atoms with van der Waals surface area (Å²) in [6.07, 6.45) is 4.18. The predicted octanol–water partition coefficient (Wildman–Crippen LogP) is -0.117. The van der Waals surface area contributed by atoms with Crippen LogP contribution in [0.1, 0.15) is 23.3 Å². The van der Waals surface area contributed by atoms with E-state index >= 15 is 0 Å². The van der Waals surface area contributed by atoms with Crippen molar-refractivity contribution in [3.8, 4) is 0 Å². The second-order valence-electron chi connectivity index (χ2n) is 6.20. The van der Waals surface area contributed by atoms with E-state index in [0.717, 1.165) is 4.57 Å². The summed E-state index contributed by atoms with van der Waals surface area (Å²) in [5.41, 5.74) is -0.791. The van der Waals surface area contributed by atoms with E-state index in [-0.39, 0.29) is 29.9 Å². The number of esters is 2. The van der Waals surface area contributed by atoms with Gasteiger partial charge in [-0.1, -0.05) is 0 Å². The number of methoxy groups -OCH3 is 1. The van der Waals surface area contributed by atoms with Gasteiger partial charge >= 0.3 is 17.6 Å². The molecule has 0 fully saturated rings. The summed E-state index contributed by atoms with van der Waals surface area (Å²) >= 11 is 0. The molecule has 0 aliphatic carbocycles. The molecule has 0 amide bonds. The predicted molar refractivity (Wildman–Crippen MR) is 100 cm³/mol. The van der Waals surface area contributed by atoms with E-state index in [1.54, 1.807) is 19.1 Å². The van der Waals surface area contributed by atoms with E-state index in [2.05, 4.69) is 9.97 Å². The van der Waals surface area contributed by atoms with Crippen LogP contribution in [-0.2, 0) is 27.9 Å². The molecule has 3 aromatic heterocycles. The highest BCUT2D eigenvalue weighted by atomic mass is 16.5. The van der Waals surface area contributed by atoms with E-state index in [1.165, 1.54) is 42.0 Å². The summed E-state index contributed by atoms with van der Waals surface area (Å²) in [7, 11) is 2.70. The SMILES string of the molecule is COC(=O)C(C)n1cnc2c1c(=O)n(CCOC(=O)c1cccnc1)c(=O)n2C. The van der Waals surface area contributed by atoms with Crippen molar-refractivity contribution in [3.63, 3.8) is 0 Å². The molecule has 11 heteroatoms. The highest BCUT2D eigenvalue weighted by Crippen LogP contribution is 2.14. The molecule has 0 aliphatic heterocycles. The molecule has 0 saturated heterocycles. The minimum absolute atomic E-state index is 0.0728. The number of carbonyl (C=O) groups excluding carboxylic acids is 2. The first-order chi connectivity index (χ1) is 13.9. The third-order valence-corrected chi connectivity index (χ3v) is 4.46. The molecule has 0 aromatic carbocycles. The highest BCUT2D eigenvalue weighted by molar-refractivity contribution is 5.88. The molecule has 0 bridgehead atoms. The van der Waals surface area contributed by atoms with Crippen LogP contribution < -0.4 is 11.2 Å². The summed E-state index contributed by atoms with van der Waals surface area (Å²) in [6, 6.07) is 2.32. The van der Waals surface area contributed by atoms with Gasteiger partial charge in [0.1, 0.15) is 12.6 Å². The lowest BCUT2D eigenvalue weighted by Gasteiger charge is -2.13. The number of ether oxygens (including phenoxy) is 2. The number of carbonyl (C=O) groups is 2. The molecule has 0 N–H and O–H groups in total. The maximum absolute atomic E-state index is 12.9. The summed E-state index contributed by atoms with van der Waals surface area (Å²) in [5.74, 6) is -1.18. The Kier molecular flexibility index (Phi) is 5.57. The van der Waals surface area contributed by atoms with Crippen molar-refractivity contribution in [2.45, 2.75) is 19.5 Å². The van der Waals surface area contributed by atoms with Crippen LogP contribution in [0.25, 0.3) is 11.2 Å². The number of aryl methyl sites for hydroxylation is 1. The van der Waals surface area contributed by atoms with Crippen molar-refractivity contribution in [3.05, 3.63) is 57.3 Å². The number of aromatic nitrogens is 5. The molecule has 3 rings (SSSR count). The highest BCUT2D eigenvalue weighted by Gasteiger charge is 2.23. The molecular weight excluding hydrogens is 382 g/mol. The van der Waals surface area contributed by atoms with Crippen LogP contribution in [0.3, 0.4) is 0 Å². The van der Waals surface area contributed by atoms with E-state index in [4.69, 9.17) is 9.47 Å². The van der Waals surface area contributed by atoms with Gasteiger partial charge in [-0.2, -0.15) is 0 Å². The Morgan fingerprint density at radius 1 is 1.28 bits per heavy atom. The molecular formula is C18H19N5O6. The fraction of sp³-hybridized carbons (Fsp3) is 0.333. The molecule has 152 valence electrons. The summed E-state index contributed by atoms with van der Waals surface area (Å²) in [4.78, 5) is 57.3. The van der Waals surface area contributed by atoms with Gasteiger partial charge in [0.15, 0.2) is 11.2 Å². The van der Waals surface area contributed by atoms with Gasteiger partial charge in [0.2, 0.25) is 0 Å². The minimum atomic E-state index is -0.813. The topological polar surface area (TPSA) is 127 Å². The van der Waals surface area contributed by atoms with Gasteiger partial charge in [0, 0.05) is 19.4 Å². The molecule has 29 heavy (non-hydrogen) atoms. The maximum atomic E-state index is 12.9. The van der Waals surface area contributed by atoms with Crippen LogP contribution in [0.15, 0.2) is 40.4 Å². The second kappa shape index (κ2) is 8.09. The van der Waals surface area contributed by atoms with Gasteiger partial charge in [0.05, 0.1) is 25.5 Å². The monoisotopic (exact) mass is 401 g/mol. The maximum Gasteiger partial charge on any atom is 0.339 e. The first kappa shape index (κ1) is 20.0. The number of hydrogen-bond acceptors (Lipinski definition) is 8. The summed E-state index contributed by atoms with van der Waals surface area (Å²) < 4.78 is 13.3. The van der Waals surface area contributed by atoms with Gasteiger partial charge in [-0.05, 0) is 19.1 Å². The van der Waals surface area contributed by atoms with E-state index in [9.17, 15) is 19.2 Å². The molecule has 11 nitrogen and oxygen atoms in total. The Morgan fingerprint density at radius 3 is 2.69 bits per heavy atom. The van der Waals surface area contributed by atoms with E-state index in [1.807, 2.05) is 0 Å². The third-order valence-electron chi connectivity index (χ3n) is 4.46. The molecule has 0 aliphatic rings. The summed E-state index contributed by atoms with van der Waals surface area (Å²) in [6.45, 7) is 1.19. The number of imidazole rings is 1. The minimum Gasteiger partial charge on any atom is -0.467 e. The standard InChI is InChI=1S/C18H19N5O6/c1-11(16(25)28-3)23-10-20-14-13(23)15(24)22(18(27)21(14)2)7-8-29-17(26)12-5-4-6-19-9-12/h4-6,9-11H,7-8H2,1-3H3. The van der Waals surface area contributed by atoms with Crippen molar-refractivity contribution < 1.29 is 19.1 Å². The Balaban J connectivity index is 1.92. The molecule has 3 heterocycles. The lowest BCUT2D eigenvalue weighted by molar-refractivity contribution is -0.143. The molecule has 1 unspecified atom stereocenters. The smallest absolute Gasteiger partial charge is 0.339 e. The van der Waals surface area contributed by atoms with Crippen molar-refractivity contribution >= 4 is 23.1 Å². The van der Waals surface area contributed by atoms with Crippen molar-refractivity contribution in [1.29, 1.82) is 0 Å². The second-order valence-corrected chi connectivity index (χ2v) is 6.20. The average molecular weight is 401 g/mol. The van der Waals surface area contributed by atoms with Gasteiger partial charge in [-0.3, -0.25) is 18.9 Å². The first-order valence-corrected chi connectivity index (χ1v) is 8.68. The van der Waals surface area contributed by atoms with Crippen LogP contribution in [0.2, 0.25) is 0 Å². The van der Waals surface area contributed by atoms with Crippen molar-refractivity contribution in [1.82, 2.24) is 23.7 Å². The number of rotatable bonds is 6. The Morgan fingerprint density at radius 2 is 2.03 bits per heavy atom. The normalized spacial score (nSPS) is 12.0. The fourth-order valence-electron chi connectivity index (χ4n) is 2.86. The largest absolute Gasteiger partial charge is 0.467 e. The molecule has 1 atom stereocenters. The van der Waals surface area contributed by atoms with E-state index < -0.39 is 29.2 Å². The Labute approximate surface area is 164 Å².